The SMILES string of the molecule is CCC(C)(C)NC(=O)C(C)N(CCO)CCO. The number of hydrogen-bond acceptors (Lipinski definition) is 4. The second-order valence-electron chi connectivity index (χ2n) is 4.89. The van der Waals surface area contributed by atoms with Crippen LogP contribution in [0.1, 0.15) is 34.1 Å². The van der Waals surface area contributed by atoms with Crippen molar-refractivity contribution in [1.29, 1.82) is 0 Å². The summed E-state index contributed by atoms with van der Waals surface area (Å²) in [4.78, 5) is 13.8. The molecule has 0 fully saturated rings. The van der Waals surface area contributed by atoms with Gasteiger partial charge in [0.25, 0.3) is 0 Å². The van der Waals surface area contributed by atoms with Crippen LogP contribution in [0.5, 0.6) is 0 Å². The Morgan fingerprint density at radius 3 is 2.12 bits per heavy atom. The Labute approximate surface area is 104 Å². The molecule has 0 aromatic rings. The third-order valence-electron chi connectivity index (χ3n) is 3.05. The minimum absolute atomic E-state index is 0.0191. The van der Waals surface area contributed by atoms with Crippen molar-refractivity contribution in [3.05, 3.63) is 0 Å². The van der Waals surface area contributed by atoms with Crippen molar-refractivity contribution in [2.45, 2.75) is 45.7 Å². The second kappa shape index (κ2) is 7.63. The molecule has 0 spiro atoms. The van der Waals surface area contributed by atoms with E-state index in [9.17, 15) is 4.79 Å². The first kappa shape index (κ1) is 16.4. The van der Waals surface area contributed by atoms with Crippen LogP contribution >= 0.6 is 0 Å². The monoisotopic (exact) mass is 246 g/mol. The van der Waals surface area contributed by atoms with Crippen LogP contribution in [-0.2, 0) is 4.79 Å². The molecule has 5 heteroatoms. The van der Waals surface area contributed by atoms with Gasteiger partial charge in [-0.1, -0.05) is 6.92 Å². The van der Waals surface area contributed by atoms with E-state index in [2.05, 4.69) is 5.32 Å². The zero-order valence-corrected chi connectivity index (χ0v) is 11.4. The predicted molar refractivity (Wildman–Crippen MR) is 67.7 cm³/mol. The number of nitrogens with one attached hydrogen (secondary N) is 1. The molecule has 0 aromatic heterocycles. The largest absolute Gasteiger partial charge is 0.395 e. The van der Waals surface area contributed by atoms with Crippen LogP contribution in [0.25, 0.3) is 0 Å². The molecule has 102 valence electrons. The van der Waals surface area contributed by atoms with Gasteiger partial charge in [-0.05, 0) is 27.2 Å². The lowest BCUT2D eigenvalue weighted by Crippen LogP contribution is -2.53. The van der Waals surface area contributed by atoms with E-state index in [4.69, 9.17) is 10.2 Å². The third-order valence-corrected chi connectivity index (χ3v) is 3.05. The molecule has 1 amide bonds. The zero-order valence-electron chi connectivity index (χ0n) is 11.4. The molecule has 17 heavy (non-hydrogen) atoms. The molecule has 0 heterocycles. The van der Waals surface area contributed by atoms with Gasteiger partial charge in [0.2, 0.25) is 5.91 Å². The molecule has 5 nitrogen and oxygen atoms in total. The number of amides is 1. The fourth-order valence-corrected chi connectivity index (χ4v) is 1.45. The van der Waals surface area contributed by atoms with Gasteiger partial charge in [0.1, 0.15) is 0 Å². The van der Waals surface area contributed by atoms with E-state index in [1.807, 2.05) is 20.8 Å². The van der Waals surface area contributed by atoms with Crippen molar-refractivity contribution >= 4 is 5.91 Å². The van der Waals surface area contributed by atoms with E-state index in [1.54, 1.807) is 11.8 Å². The molecular formula is C12H26N2O3. The first-order valence-electron chi connectivity index (χ1n) is 6.15. The van der Waals surface area contributed by atoms with Gasteiger partial charge < -0.3 is 15.5 Å². The average Bonchev–Trinajstić information content (AvgIpc) is 2.27. The highest BCUT2D eigenvalue weighted by molar-refractivity contribution is 5.82. The maximum atomic E-state index is 12.0. The van der Waals surface area contributed by atoms with Gasteiger partial charge in [-0.25, -0.2) is 0 Å². The van der Waals surface area contributed by atoms with Gasteiger partial charge in [-0.2, -0.15) is 0 Å². The van der Waals surface area contributed by atoms with Crippen LogP contribution in [0.4, 0.5) is 0 Å². The summed E-state index contributed by atoms with van der Waals surface area (Å²) in [6, 6.07) is -0.347. The molecule has 0 radical (unpaired) electrons. The van der Waals surface area contributed by atoms with Gasteiger partial charge in [0, 0.05) is 18.6 Å². The summed E-state index contributed by atoms with van der Waals surface area (Å²) in [5.41, 5.74) is -0.227. The van der Waals surface area contributed by atoms with E-state index in [-0.39, 0.29) is 30.7 Å². The quantitative estimate of drug-likeness (QED) is 0.562. The van der Waals surface area contributed by atoms with Gasteiger partial charge in [0.15, 0.2) is 0 Å². The lowest BCUT2D eigenvalue weighted by molar-refractivity contribution is -0.127. The molecule has 0 saturated heterocycles. The van der Waals surface area contributed by atoms with Crippen molar-refractivity contribution in [3.63, 3.8) is 0 Å². The Bertz CT molecular complexity index is 226. The minimum atomic E-state index is -0.347. The molecule has 0 aliphatic heterocycles. The molecule has 0 rings (SSSR count). The number of nitrogens with zero attached hydrogens (tertiary/aromatic N) is 1. The van der Waals surface area contributed by atoms with Crippen molar-refractivity contribution in [2.75, 3.05) is 26.3 Å². The Hall–Kier alpha value is -0.650. The summed E-state index contributed by atoms with van der Waals surface area (Å²) in [5, 5.41) is 20.8. The molecule has 1 atom stereocenters. The summed E-state index contributed by atoms with van der Waals surface area (Å²) in [5.74, 6) is -0.0706. The standard InChI is InChI=1S/C12H26N2O3/c1-5-12(3,4)13-11(17)10(2)14(6-8-15)7-9-16/h10,15-16H,5-9H2,1-4H3,(H,13,17). The number of rotatable bonds is 8. The fourth-order valence-electron chi connectivity index (χ4n) is 1.45. The lowest BCUT2D eigenvalue weighted by Gasteiger charge is -2.31. The van der Waals surface area contributed by atoms with E-state index >= 15 is 0 Å². The van der Waals surface area contributed by atoms with Gasteiger partial charge in [0.05, 0.1) is 19.3 Å². The molecule has 0 saturated carbocycles. The van der Waals surface area contributed by atoms with Gasteiger partial charge >= 0.3 is 0 Å². The Balaban J connectivity index is 4.43. The minimum Gasteiger partial charge on any atom is -0.395 e. The fraction of sp³-hybridized carbons (Fsp3) is 0.917. The van der Waals surface area contributed by atoms with Crippen LogP contribution < -0.4 is 5.32 Å². The zero-order chi connectivity index (χ0) is 13.5. The summed E-state index contributed by atoms with van der Waals surface area (Å²) >= 11 is 0. The second-order valence-corrected chi connectivity index (χ2v) is 4.89. The summed E-state index contributed by atoms with van der Waals surface area (Å²) in [6.45, 7) is 8.49. The van der Waals surface area contributed by atoms with Crippen molar-refractivity contribution in [3.8, 4) is 0 Å². The van der Waals surface area contributed by atoms with Crippen LogP contribution in [0.15, 0.2) is 0 Å². The van der Waals surface area contributed by atoms with E-state index in [0.717, 1.165) is 6.42 Å². The van der Waals surface area contributed by atoms with E-state index in [1.165, 1.54) is 0 Å². The Morgan fingerprint density at radius 1 is 1.29 bits per heavy atom. The summed E-state index contributed by atoms with van der Waals surface area (Å²) in [6.07, 6.45) is 0.853. The molecule has 0 aliphatic rings. The molecule has 0 aliphatic carbocycles. The van der Waals surface area contributed by atoms with Gasteiger partial charge in [-0.15, -0.1) is 0 Å². The van der Waals surface area contributed by atoms with Crippen LogP contribution in [0.2, 0.25) is 0 Å². The highest BCUT2D eigenvalue weighted by Crippen LogP contribution is 2.08. The van der Waals surface area contributed by atoms with E-state index < -0.39 is 0 Å². The maximum Gasteiger partial charge on any atom is 0.237 e. The van der Waals surface area contributed by atoms with Crippen LogP contribution in [0.3, 0.4) is 0 Å². The molecule has 0 bridgehead atoms. The maximum absolute atomic E-state index is 12.0. The van der Waals surface area contributed by atoms with Crippen molar-refractivity contribution in [2.24, 2.45) is 0 Å². The average molecular weight is 246 g/mol. The molecule has 0 aromatic carbocycles. The normalized spacial score (nSPS) is 13.8. The molecule has 1 unspecified atom stereocenters. The van der Waals surface area contributed by atoms with Gasteiger partial charge in [-0.3, -0.25) is 9.69 Å². The van der Waals surface area contributed by atoms with Crippen LogP contribution in [-0.4, -0.2) is 58.9 Å². The van der Waals surface area contributed by atoms with E-state index in [0.29, 0.717) is 13.1 Å². The Morgan fingerprint density at radius 2 is 1.76 bits per heavy atom. The number of aliphatic hydroxyl groups excluding tert-OH is 2. The summed E-state index contributed by atoms with van der Waals surface area (Å²) in [7, 11) is 0. The summed E-state index contributed by atoms with van der Waals surface area (Å²) < 4.78 is 0. The van der Waals surface area contributed by atoms with Crippen molar-refractivity contribution < 1.29 is 15.0 Å². The first-order valence-corrected chi connectivity index (χ1v) is 6.15. The highest BCUT2D eigenvalue weighted by atomic mass is 16.3. The number of carbonyl (C=O) groups excluding carboxylic acids is 1. The number of aliphatic hydroxyl groups is 2. The molecular weight excluding hydrogens is 220 g/mol. The smallest absolute Gasteiger partial charge is 0.237 e. The topological polar surface area (TPSA) is 72.8 Å². The number of hydrogen-bond donors (Lipinski definition) is 3. The predicted octanol–water partition coefficient (Wildman–Crippen LogP) is -0.0337. The molecule has 3 N–H and O–H groups in total. The number of carbonyl (C=O) groups is 1. The first-order chi connectivity index (χ1) is 7.87. The van der Waals surface area contributed by atoms with Crippen LogP contribution in [0, 0.1) is 0 Å². The Kier molecular flexibility index (Phi) is 7.34. The lowest BCUT2D eigenvalue weighted by atomic mass is 10.0. The third kappa shape index (κ3) is 6.00. The highest BCUT2D eigenvalue weighted by Gasteiger charge is 2.25. The van der Waals surface area contributed by atoms with Crippen molar-refractivity contribution in [1.82, 2.24) is 10.2 Å².